The van der Waals surface area contributed by atoms with E-state index in [2.05, 4.69) is 0 Å². The Kier molecular flexibility index (Phi) is 3.50. The van der Waals surface area contributed by atoms with Gasteiger partial charge < -0.3 is 9.67 Å². The zero-order valence-electron chi connectivity index (χ0n) is 11.9. The molecule has 0 aliphatic rings. The van der Waals surface area contributed by atoms with Gasteiger partial charge in [-0.15, -0.1) is 0 Å². The highest BCUT2D eigenvalue weighted by atomic mass is 19.4. The van der Waals surface area contributed by atoms with Gasteiger partial charge >= 0.3 is 6.18 Å². The average Bonchev–Trinajstić information content (AvgIpc) is 2.77. The molecule has 0 amide bonds. The number of halogens is 3. The van der Waals surface area contributed by atoms with Gasteiger partial charge in [-0.25, -0.2) is 0 Å². The molecule has 0 saturated heterocycles. The van der Waals surface area contributed by atoms with Crippen LogP contribution in [0.5, 0.6) is 0 Å². The Morgan fingerprint density at radius 1 is 1.24 bits per heavy atom. The SMILES string of the molecule is C[C@H](n1ccc2c(C(F)(F)F)c(C#N)ccc21)C(C)(C)O. The molecule has 0 saturated carbocycles. The third kappa shape index (κ3) is 2.61. The number of benzene rings is 1. The number of nitriles is 1. The molecular formula is C15H15F3N2O. The Hall–Kier alpha value is -2.00. The highest BCUT2D eigenvalue weighted by molar-refractivity contribution is 5.86. The lowest BCUT2D eigenvalue weighted by Gasteiger charge is -2.28. The summed E-state index contributed by atoms with van der Waals surface area (Å²) in [5.74, 6) is 0. The number of fused-ring (bicyclic) bond motifs is 1. The molecule has 21 heavy (non-hydrogen) atoms. The molecule has 1 N–H and O–H groups in total. The molecule has 1 aromatic carbocycles. The average molecular weight is 296 g/mol. The summed E-state index contributed by atoms with van der Waals surface area (Å²) in [6.07, 6.45) is -3.10. The molecule has 0 fully saturated rings. The van der Waals surface area contributed by atoms with Gasteiger partial charge in [-0.3, -0.25) is 0 Å². The molecule has 2 rings (SSSR count). The van der Waals surface area contributed by atoms with Gasteiger partial charge in [0.15, 0.2) is 0 Å². The lowest BCUT2D eigenvalue weighted by molar-refractivity contribution is -0.136. The topological polar surface area (TPSA) is 49.0 Å². The van der Waals surface area contributed by atoms with Gasteiger partial charge in [0.2, 0.25) is 0 Å². The monoisotopic (exact) mass is 296 g/mol. The minimum Gasteiger partial charge on any atom is -0.388 e. The van der Waals surface area contributed by atoms with Crippen LogP contribution in [0, 0.1) is 11.3 Å². The van der Waals surface area contributed by atoms with Crippen molar-refractivity contribution in [3.8, 4) is 6.07 Å². The molecule has 1 heterocycles. The summed E-state index contributed by atoms with van der Waals surface area (Å²) in [5.41, 5.74) is -2.07. The summed E-state index contributed by atoms with van der Waals surface area (Å²) in [4.78, 5) is 0. The van der Waals surface area contributed by atoms with Crippen molar-refractivity contribution in [3.05, 3.63) is 35.5 Å². The highest BCUT2D eigenvalue weighted by Gasteiger charge is 2.36. The fraction of sp³-hybridized carbons (Fsp3) is 0.400. The zero-order chi connectivity index (χ0) is 16.0. The van der Waals surface area contributed by atoms with Crippen molar-refractivity contribution in [1.29, 1.82) is 5.26 Å². The Morgan fingerprint density at radius 3 is 2.33 bits per heavy atom. The minimum absolute atomic E-state index is 0.0300. The van der Waals surface area contributed by atoms with Crippen molar-refractivity contribution in [2.24, 2.45) is 0 Å². The van der Waals surface area contributed by atoms with Crippen LogP contribution in [0.2, 0.25) is 0 Å². The second kappa shape index (κ2) is 4.78. The van der Waals surface area contributed by atoms with Crippen LogP contribution in [0.3, 0.4) is 0 Å². The lowest BCUT2D eigenvalue weighted by atomic mass is 9.99. The predicted octanol–water partition coefficient (Wildman–Crippen LogP) is 3.86. The molecule has 0 radical (unpaired) electrons. The van der Waals surface area contributed by atoms with Gasteiger partial charge in [0.1, 0.15) is 0 Å². The van der Waals surface area contributed by atoms with Crippen LogP contribution >= 0.6 is 0 Å². The largest absolute Gasteiger partial charge is 0.418 e. The van der Waals surface area contributed by atoms with Gasteiger partial charge in [-0.05, 0) is 39.0 Å². The zero-order valence-corrected chi connectivity index (χ0v) is 11.9. The van der Waals surface area contributed by atoms with Crippen LogP contribution in [-0.2, 0) is 6.18 Å². The first-order valence-electron chi connectivity index (χ1n) is 6.40. The smallest absolute Gasteiger partial charge is 0.388 e. The molecule has 1 aromatic heterocycles. The van der Waals surface area contributed by atoms with E-state index in [1.54, 1.807) is 31.4 Å². The van der Waals surface area contributed by atoms with Crippen LogP contribution in [-0.4, -0.2) is 15.3 Å². The molecule has 0 aliphatic carbocycles. The third-order valence-corrected chi connectivity index (χ3v) is 3.75. The number of aliphatic hydroxyl groups is 1. The van der Waals surface area contributed by atoms with Gasteiger partial charge in [0, 0.05) is 17.1 Å². The minimum atomic E-state index is -4.60. The number of nitrogens with zero attached hydrogens (tertiary/aromatic N) is 2. The lowest BCUT2D eigenvalue weighted by Crippen LogP contribution is -2.30. The summed E-state index contributed by atoms with van der Waals surface area (Å²) in [5, 5.41) is 18.9. The fourth-order valence-corrected chi connectivity index (χ4v) is 2.31. The number of aromatic nitrogens is 1. The predicted molar refractivity (Wildman–Crippen MR) is 72.7 cm³/mol. The van der Waals surface area contributed by atoms with E-state index < -0.39 is 28.9 Å². The first-order chi connectivity index (χ1) is 9.57. The first kappa shape index (κ1) is 15.4. The molecule has 0 aliphatic heterocycles. The van der Waals surface area contributed by atoms with Crippen molar-refractivity contribution >= 4 is 10.9 Å². The van der Waals surface area contributed by atoms with E-state index in [9.17, 15) is 18.3 Å². The van der Waals surface area contributed by atoms with E-state index >= 15 is 0 Å². The van der Waals surface area contributed by atoms with Crippen LogP contribution in [0.4, 0.5) is 13.2 Å². The Balaban J connectivity index is 2.76. The number of hydrogen-bond acceptors (Lipinski definition) is 2. The maximum absolute atomic E-state index is 13.2. The van der Waals surface area contributed by atoms with E-state index in [0.29, 0.717) is 5.52 Å². The summed E-state index contributed by atoms with van der Waals surface area (Å²) in [7, 11) is 0. The maximum atomic E-state index is 13.2. The molecule has 0 bridgehead atoms. The van der Waals surface area contributed by atoms with Gasteiger partial charge in [-0.1, -0.05) is 0 Å². The molecule has 2 aromatic rings. The van der Waals surface area contributed by atoms with E-state index in [1.165, 1.54) is 24.4 Å². The molecule has 0 spiro atoms. The number of rotatable bonds is 2. The van der Waals surface area contributed by atoms with Crippen molar-refractivity contribution < 1.29 is 18.3 Å². The second-order valence-corrected chi connectivity index (χ2v) is 5.58. The molecule has 112 valence electrons. The molecule has 3 nitrogen and oxygen atoms in total. The van der Waals surface area contributed by atoms with Gasteiger partial charge in [0.05, 0.1) is 28.8 Å². The molecule has 1 atom stereocenters. The normalized spacial score (nSPS) is 14.2. The molecule has 0 unspecified atom stereocenters. The summed E-state index contributed by atoms with van der Waals surface area (Å²) in [6, 6.07) is 5.15. The standard InChI is InChI=1S/C15H15F3N2O/c1-9(14(2,3)21)20-7-6-11-12(20)5-4-10(8-19)13(11)15(16,17)18/h4-7,9,21H,1-3H3/t9-/m0/s1. The van der Waals surface area contributed by atoms with Crippen LogP contribution < -0.4 is 0 Å². The number of alkyl halides is 3. The Bertz CT molecular complexity index is 717. The Labute approximate surface area is 120 Å². The quantitative estimate of drug-likeness (QED) is 0.914. The van der Waals surface area contributed by atoms with Crippen LogP contribution in [0.25, 0.3) is 10.9 Å². The highest BCUT2D eigenvalue weighted by Crippen LogP contribution is 2.39. The van der Waals surface area contributed by atoms with Crippen molar-refractivity contribution in [2.75, 3.05) is 0 Å². The van der Waals surface area contributed by atoms with Gasteiger partial charge in [-0.2, -0.15) is 18.4 Å². The summed E-state index contributed by atoms with van der Waals surface area (Å²) < 4.78 is 41.2. The fourth-order valence-electron chi connectivity index (χ4n) is 2.31. The molecule has 6 heteroatoms. The van der Waals surface area contributed by atoms with E-state index in [-0.39, 0.29) is 5.39 Å². The third-order valence-electron chi connectivity index (χ3n) is 3.75. The van der Waals surface area contributed by atoms with Gasteiger partial charge in [0.25, 0.3) is 0 Å². The van der Waals surface area contributed by atoms with Crippen molar-refractivity contribution in [2.45, 2.75) is 38.6 Å². The van der Waals surface area contributed by atoms with Crippen LogP contribution in [0.1, 0.15) is 37.9 Å². The van der Waals surface area contributed by atoms with Crippen molar-refractivity contribution in [1.82, 2.24) is 4.57 Å². The van der Waals surface area contributed by atoms with E-state index in [4.69, 9.17) is 5.26 Å². The Morgan fingerprint density at radius 2 is 1.86 bits per heavy atom. The second-order valence-electron chi connectivity index (χ2n) is 5.58. The molecular weight excluding hydrogens is 281 g/mol. The maximum Gasteiger partial charge on any atom is 0.418 e. The van der Waals surface area contributed by atoms with E-state index in [0.717, 1.165) is 0 Å². The van der Waals surface area contributed by atoms with Crippen molar-refractivity contribution in [3.63, 3.8) is 0 Å². The first-order valence-corrected chi connectivity index (χ1v) is 6.40. The summed E-state index contributed by atoms with van der Waals surface area (Å²) >= 11 is 0. The number of hydrogen-bond donors (Lipinski definition) is 1. The summed E-state index contributed by atoms with van der Waals surface area (Å²) in [6.45, 7) is 4.92. The van der Waals surface area contributed by atoms with Crippen LogP contribution in [0.15, 0.2) is 24.4 Å². The van der Waals surface area contributed by atoms with E-state index in [1.807, 2.05) is 0 Å².